The number of aliphatic carboxylic acids is 1. The minimum Gasteiger partial charge on any atom is -0.489 e. The molecule has 4 heteroatoms. The van der Waals surface area contributed by atoms with Crippen LogP contribution in [0.25, 0.3) is 0 Å². The number of ether oxygens (including phenoxy) is 1. The Kier molecular flexibility index (Phi) is 2.99. The molecular weight excluding hydrogens is 206 g/mol. The summed E-state index contributed by atoms with van der Waals surface area (Å²) in [5, 5.41) is 11.9. The third kappa shape index (κ3) is 2.27. The lowest BCUT2D eigenvalue weighted by Crippen LogP contribution is -2.33. The number of carboxylic acid groups (broad SMARTS) is 1. The molecule has 1 unspecified atom stereocenters. The van der Waals surface area contributed by atoms with Crippen LogP contribution < -0.4 is 10.1 Å². The first-order valence-corrected chi connectivity index (χ1v) is 5.43. The molecule has 1 aliphatic rings. The van der Waals surface area contributed by atoms with E-state index in [-0.39, 0.29) is 12.5 Å². The monoisotopic (exact) mass is 221 g/mol. The molecule has 1 aromatic rings. The minimum absolute atomic E-state index is 0.0792. The number of aryl methyl sites for hydroxylation is 1. The summed E-state index contributed by atoms with van der Waals surface area (Å²) < 4.78 is 5.51. The van der Waals surface area contributed by atoms with Gasteiger partial charge in [-0.15, -0.1) is 0 Å². The van der Waals surface area contributed by atoms with Crippen molar-refractivity contribution in [2.24, 2.45) is 0 Å². The Morgan fingerprint density at radius 2 is 2.44 bits per heavy atom. The second-order valence-electron chi connectivity index (χ2n) is 3.93. The van der Waals surface area contributed by atoms with E-state index in [1.807, 2.05) is 18.2 Å². The minimum atomic E-state index is -0.809. The molecule has 4 nitrogen and oxygen atoms in total. The Morgan fingerprint density at radius 3 is 3.12 bits per heavy atom. The van der Waals surface area contributed by atoms with Crippen molar-refractivity contribution < 1.29 is 14.6 Å². The van der Waals surface area contributed by atoms with Gasteiger partial charge in [-0.2, -0.15) is 0 Å². The van der Waals surface area contributed by atoms with Gasteiger partial charge >= 0.3 is 5.97 Å². The molecule has 0 aliphatic carbocycles. The highest BCUT2D eigenvalue weighted by atomic mass is 16.5. The van der Waals surface area contributed by atoms with Crippen LogP contribution in [-0.4, -0.2) is 23.7 Å². The Labute approximate surface area is 94.2 Å². The van der Waals surface area contributed by atoms with E-state index >= 15 is 0 Å². The molecule has 1 atom stereocenters. The van der Waals surface area contributed by atoms with Crippen molar-refractivity contribution in [3.63, 3.8) is 0 Å². The van der Waals surface area contributed by atoms with Gasteiger partial charge in [-0.05, 0) is 24.1 Å². The van der Waals surface area contributed by atoms with Gasteiger partial charge in [0.25, 0.3) is 0 Å². The van der Waals surface area contributed by atoms with Crippen molar-refractivity contribution in [1.82, 2.24) is 0 Å². The first-order chi connectivity index (χ1) is 7.69. The van der Waals surface area contributed by atoms with Crippen molar-refractivity contribution in [2.75, 3.05) is 11.9 Å². The fraction of sp³-hybridized carbons (Fsp3) is 0.417. The van der Waals surface area contributed by atoms with E-state index in [0.29, 0.717) is 6.61 Å². The van der Waals surface area contributed by atoms with Gasteiger partial charge in [0.15, 0.2) is 0 Å². The maximum absolute atomic E-state index is 10.6. The summed E-state index contributed by atoms with van der Waals surface area (Å²) in [6.07, 6.45) is 1.04. The van der Waals surface area contributed by atoms with Gasteiger partial charge in [-0.25, -0.2) is 0 Å². The van der Waals surface area contributed by atoms with Crippen molar-refractivity contribution in [3.8, 4) is 5.75 Å². The average Bonchev–Trinajstić information content (AvgIpc) is 2.27. The summed E-state index contributed by atoms with van der Waals surface area (Å²) in [4.78, 5) is 10.6. The normalized spacial score (nSPS) is 18.2. The molecule has 0 fully saturated rings. The van der Waals surface area contributed by atoms with Crippen LogP contribution >= 0.6 is 0 Å². The van der Waals surface area contributed by atoms with Gasteiger partial charge in [0, 0.05) is 0 Å². The smallest absolute Gasteiger partial charge is 0.305 e. The second kappa shape index (κ2) is 4.43. The van der Waals surface area contributed by atoms with Crippen molar-refractivity contribution in [1.29, 1.82) is 0 Å². The fourth-order valence-electron chi connectivity index (χ4n) is 1.81. The maximum Gasteiger partial charge on any atom is 0.305 e. The number of hydrogen-bond acceptors (Lipinski definition) is 3. The Hall–Kier alpha value is -1.71. The lowest BCUT2D eigenvalue weighted by atomic mass is 10.1. The molecule has 0 radical (unpaired) electrons. The van der Waals surface area contributed by atoms with E-state index in [0.717, 1.165) is 17.9 Å². The quantitative estimate of drug-likeness (QED) is 0.818. The van der Waals surface area contributed by atoms with E-state index in [2.05, 4.69) is 12.2 Å². The number of fused-ring (bicyclic) bond motifs is 1. The molecule has 2 rings (SSSR count). The Balaban J connectivity index is 2.14. The highest BCUT2D eigenvalue weighted by Gasteiger charge is 2.20. The Morgan fingerprint density at radius 1 is 1.62 bits per heavy atom. The summed E-state index contributed by atoms with van der Waals surface area (Å²) in [7, 11) is 0. The predicted octanol–water partition coefficient (Wildman–Crippen LogP) is 1.90. The Bertz CT molecular complexity index is 403. The zero-order valence-electron chi connectivity index (χ0n) is 9.19. The van der Waals surface area contributed by atoms with Gasteiger partial charge in [-0.1, -0.05) is 13.0 Å². The zero-order chi connectivity index (χ0) is 11.5. The summed E-state index contributed by atoms with van der Waals surface area (Å²) in [6.45, 7) is 2.49. The second-order valence-corrected chi connectivity index (χ2v) is 3.93. The first-order valence-electron chi connectivity index (χ1n) is 5.43. The number of benzene rings is 1. The van der Waals surface area contributed by atoms with Crippen LogP contribution in [0.15, 0.2) is 18.2 Å². The third-order valence-corrected chi connectivity index (χ3v) is 2.67. The van der Waals surface area contributed by atoms with Gasteiger partial charge in [0.05, 0.1) is 18.2 Å². The summed E-state index contributed by atoms with van der Waals surface area (Å²) in [6, 6.07) is 5.83. The van der Waals surface area contributed by atoms with Gasteiger partial charge in [-0.3, -0.25) is 4.79 Å². The van der Waals surface area contributed by atoms with Gasteiger partial charge in [0.2, 0.25) is 0 Å². The summed E-state index contributed by atoms with van der Waals surface area (Å²) in [5.74, 6) is -0.00460. The molecule has 2 N–H and O–H groups in total. The van der Waals surface area contributed by atoms with E-state index in [1.54, 1.807) is 0 Å². The number of carboxylic acids is 1. The maximum atomic E-state index is 10.6. The molecule has 0 saturated heterocycles. The van der Waals surface area contributed by atoms with Crippen molar-refractivity contribution in [2.45, 2.75) is 25.8 Å². The number of carbonyl (C=O) groups is 1. The van der Waals surface area contributed by atoms with Crippen LogP contribution in [0.1, 0.15) is 18.9 Å². The topological polar surface area (TPSA) is 58.6 Å². The zero-order valence-corrected chi connectivity index (χ0v) is 9.19. The van der Waals surface area contributed by atoms with Crippen molar-refractivity contribution in [3.05, 3.63) is 23.8 Å². The molecule has 86 valence electrons. The fourth-order valence-corrected chi connectivity index (χ4v) is 1.81. The molecule has 0 amide bonds. The lowest BCUT2D eigenvalue weighted by molar-refractivity contribution is -0.137. The summed E-state index contributed by atoms with van der Waals surface area (Å²) in [5.41, 5.74) is 2.11. The highest BCUT2D eigenvalue weighted by molar-refractivity contribution is 5.69. The van der Waals surface area contributed by atoms with E-state index in [1.165, 1.54) is 5.56 Å². The molecule has 16 heavy (non-hydrogen) atoms. The molecule has 0 saturated carbocycles. The molecule has 0 bridgehead atoms. The molecule has 0 spiro atoms. The van der Waals surface area contributed by atoms with Gasteiger partial charge < -0.3 is 15.2 Å². The molecule has 1 aliphatic heterocycles. The third-order valence-electron chi connectivity index (χ3n) is 2.67. The van der Waals surface area contributed by atoms with Gasteiger partial charge in [0.1, 0.15) is 12.4 Å². The van der Waals surface area contributed by atoms with Crippen LogP contribution in [0.2, 0.25) is 0 Å². The molecule has 1 heterocycles. The van der Waals surface area contributed by atoms with Crippen LogP contribution in [0, 0.1) is 0 Å². The number of hydrogen-bond donors (Lipinski definition) is 2. The predicted molar refractivity (Wildman–Crippen MR) is 61.0 cm³/mol. The molecule has 0 aromatic heterocycles. The molecular formula is C12H15NO3. The van der Waals surface area contributed by atoms with Crippen LogP contribution in [0.4, 0.5) is 5.69 Å². The van der Waals surface area contributed by atoms with E-state index in [4.69, 9.17) is 9.84 Å². The highest BCUT2D eigenvalue weighted by Crippen LogP contribution is 2.30. The van der Waals surface area contributed by atoms with Crippen LogP contribution in [0.5, 0.6) is 5.75 Å². The van der Waals surface area contributed by atoms with Crippen molar-refractivity contribution >= 4 is 11.7 Å². The number of nitrogens with one attached hydrogen (secondary N) is 1. The van der Waals surface area contributed by atoms with E-state index < -0.39 is 5.97 Å². The first kappa shape index (κ1) is 10.8. The average molecular weight is 221 g/mol. The lowest BCUT2D eigenvalue weighted by Gasteiger charge is -2.26. The van der Waals surface area contributed by atoms with Crippen LogP contribution in [0.3, 0.4) is 0 Å². The summed E-state index contributed by atoms with van der Waals surface area (Å²) >= 11 is 0. The number of rotatable bonds is 3. The number of anilines is 1. The largest absolute Gasteiger partial charge is 0.489 e. The van der Waals surface area contributed by atoms with Crippen LogP contribution in [-0.2, 0) is 11.2 Å². The SMILES string of the molecule is CCc1ccc2c(c1)NC(CC(=O)O)CO2. The standard InChI is InChI=1S/C12H15NO3/c1-2-8-3-4-11-10(5-8)13-9(7-16-11)6-12(14)15/h3-5,9,13H,2,6-7H2,1H3,(H,14,15). The molecule has 1 aromatic carbocycles. The van der Waals surface area contributed by atoms with E-state index in [9.17, 15) is 4.79 Å².